The molecule has 0 spiro atoms. The predicted octanol–water partition coefficient (Wildman–Crippen LogP) is 1.30. The van der Waals surface area contributed by atoms with Crippen molar-refractivity contribution in [3.8, 4) is 0 Å². The Morgan fingerprint density at radius 1 is 1.28 bits per heavy atom. The van der Waals surface area contributed by atoms with Crippen LogP contribution in [0.2, 0.25) is 0 Å². The number of nitrogens with one attached hydrogen (secondary N) is 1. The van der Waals surface area contributed by atoms with E-state index < -0.39 is 15.4 Å². The Bertz CT molecular complexity index is 562. The second-order valence-corrected chi connectivity index (χ2v) is 7.41. The van der Waals surface area contributed by atoms with Gasteiger partial charge in [-0.05, 0) is 32.4 Å². The molecule has 1 amide bonds. The fourth-order valence-electron chi connectivity index (χ4n) is 2.16. The van der Waals surface area contributed by atoms with Gasteiger partial charge in [0.15, 0.2) is 9.84 Å². The first-order chi connectivity index (χ1) is 8.30. The number of benzene rings is 1. The van der Waals surface area contributed by atoms with E-state index in [1.165, 1.54) is 0 Å². The maximum atomic E-state index is 12.0. The van der Waals surface area contributed by atoms with Crippen molar-refractivity contribution in [3.63, 3.8) is 0 Å². The van der Waals surface area contributed by atoms with Gasteiger partial charge in [0.05, 0.1) is 17.0 Å². The van der Waals surface area contributed by atoms with Crippen LogP contribution in [0.5, 0.6) is 0 Å². The van der Waals surface area contributed by atoms with Gasteiger partial charge in [0.1, 0.15) is 0 Å². The maximum absolute atomic E-state index is 12.0. The smallest absolute Gasteiger partial charge is 0.251 e. The summed E-state index contributed by atoms with van der Waals surface area (Å²) in [5.74, 6) is -0.0375. The highest BCUT2D eigenvalue weighted by molar-refractivity contribution is 7.91. The molecule has 1 N–H and O–H groups in total. The van der Waals surface area contributed by atoms with Crippen molar-refractivity contribution >= 4 is 15.7 Å². The van der Waals surface area contributed by atoms with Crippen LogP contribution < -0.4 is 5.32 Å². The SMILES string of the molecule is Cc1ccc(C(=O)NC2(C)CCS(=O)(=O)C2)cc1. The number of sulfone groups is 1. The third-order valence-corrected chi connectivity index (χ3v) is 5.14. The average molecular weight is 267 g/mol. The second kappa shape index (κ2) is 4.39. The van der Waals surface area contributed by atoms with Crippen LogP contribution in [-0.4, -0.2) is 31.4 Å². The summed E-state index contributed by atoms with van der Waals surface area (Å²) in [5, 5.41) is 2.83. The van der Waals surface area contributed by atoms with Crippen LogP contribution in [0, 0.1) is 6.92 Å². The standard InChI is InChI=1S/C13H17NO3S/c1-10-3-5-11(6-4-10)12(15)14-13(2)7-8-18(16,17)9-13/h3-6H,7-9H2,1-2H3,(H,14,15). The molecule has 1 heterocycles. The van der Waals surface area contributed by atoms with Crippen molar-refractivity contribution in [3.05, 3.63) is 35.4 Å². The van der Waals surface area contributed by atoms with E-state index in [4.69, 9.17) is 0 Å². The summed E-state index contributed by atoms with van der Waals surface area (Å²) in [4.78, 5) is 12.0. The van der Waals surface area contributed by atoms with E-state index in [9.17, 15) is 13.2 Å². The van der Waals surface area contributed by atoms with Crippen LogP contribution in [0.1, 0.15) is 29.3 Å². The molecule has 1 aliphatic heterocycles. The van der Waals surface area contributed by atoms with Gasteiger partial charge in [-0.15, -0.1) is 0 Å². The Balaban J connectivity index is 2.10. The number of hydrogen-bond acceptors (Lipinski definition) is 3. The first-order valence-electron chi connectivity index (χ1n) is 5.89. The molecule has 5 heteroatoms. The topological polar surface area (TPSA) is 63.2 Å². The van der Waals surface area contributed by atoms with Gasteiger partial charge >= 0.3 is 0 Å². The third kappa shape index (κ3) is 2.90. The number of aryl methyl sites for hydroxylation is 1. The molecular formula is C13H17NO3S. The summed E-state index contributed by atoms with van der Waals surface area (Å²) >= 11 is 0. The molecule has 1 aromatic carbocycles. The number of hydrogen-bond donors (Lipinski definition) is 1. The minimum atomic E-state index is -3.00. The minimum Gasteiger partial charge on any atom is -0.346 e. The molecule has 1 aliphatic rings. The summed E-state index contributed by atoms with van der Waals surface area (Å²) in [6.45, 7) is 3.73. The molecule has 0 radical (unpaired) electrons. The molecule has 1 aromatic rings. The van der Waals surface area contributed by atoms with Crippen LogP contribution in [0.4, 0.5) is 0 Å². The monoisotopic (exact) mass is 267 g/mol. The number of carbonyl (C=O) groups excluding carboxylic acids is 1. The van der Waals surface area contributed by atoms with Crippen LogP contribution in [0.15, 0.2) is 24.3 Å². The van der Waals surface area contributed by atoms with E-state index in [-0.39, 0.29) is 17.4 Å². The van der Waals surface area contributed by atoms with E-state index in [0.29, 0.717) is 12.0 Å². The van der Waals surface area contributed by atoms with E-state index in [1.54, 1.807) is 19.1 Å². The van der Waals surface area contributed by atoms with Crippen LogP contribution in [-0.2, 0) is 9.84 Å². The van der Waals surface area contributed by atoms with E-state index in [1.807, 2.05) is 19.1 Å². The van der Waals surface area contributed by atoms with Gasteiger partial charge in [0.2, 0.25) is 0 Å². The molecule has 1 unspecified atom stereocenters. The summed E-state index contributed by atoms with van der Waals surface area (Å²) in [6.07, 6.45) is 0.479. The highest BCUT2D eigenvalue weighted by atomic mass is 32.2. The Labute approximate surface area is 107 Å². The third-order valence-electron chi connectivity index (χ3n) is 3.23. The van der Waals surface area contributed by atoms with Crippen molar-refractivity contribution in [2.75, 3.05) is 11.5 Å². The molecule has 0 bridgehead atoms. The van der Waals surface area contributed by atoms with Crippen LogP contribution in [0.3, 0.4) is 0 Å². The lowest BCUT2D eigenvalue weighted by Gasteiger charge is -2.23. The molecule has 98 valence electrons. The number of amides is 1. The predicted molar refractivity (Wildman–Crippen MR) is 70.3 cm³/mol. The lowest BCUT2D eigenvalue weighted by molar-refractivity contribution is 0.0915. The van der Waals surface area contributed by atoms with Gasteiger partial charge in [-0.2, -0.15) is 0 Å². The van der Waals surface area contributed by atoms with Gasteiger partial charge < -0.3 is 5.32 Å². The quantitative estimate of drug-likeness (QED) is 0.878. The average Bonchev–Trinajstić information content (AvgIpc) is 2.53. The van der Waals surface area contributed by atoms with Crippen molar-refractivity contribution in [2.24, 2.45) is 0 Å². The highest BCUT2D eigenvalue weighted by Crippen LogP contribution is 2.23. The first kappa shape index (κ1) is 13.1. The Hall–Kier alpha value is -1.36. The van der Waals surface area contributed by atoms with Crippen molar-refractivity contribution in [2.45, 2.75) is 25.8 Å². The van der Waals surface area contributed by atoms with E-state index in [2.05, 4.69) is 5.32 Å². The lowest BCUT2D eigenvalue weighted by atomic mass is 10.0. The molecule has 2 rings (SSSR count). The zero-order valence-corrected chi connectivity index (χ0v) is 11.4. The zero-order valence-electron chi connectivity index (χ0n) is 10.6. The fourth-order valence-corrected chi connectivity index (χ4v) is 4.25. The van der Waals surface area contributed by atoms with Gasteiger partial charge in [-0.25, -0.2) is 8.42 Å². The van der Waals surface area contributed by atoms with Crippen LogP contribution >= 0.6 is 0 Å². The maximum Gasteiger partial charge on any atom is 0.251 e. The summed E-state index contributed by atoms with van der Waals surface area (Å²) < 4.78 is 22.9. The molecule has 0 saturated carbocycles. The molecule has 4 nitrogen and oxygen atoms in total. The Kier molecular flexibility index (Phi) is 3.19. The van der Waals surface area contributed by atoms with Gasteiger partial charge in [0, 0.05) is 5.56 Å². The Morgan fingerprint density at radius 3 is 2.39 bits per heavy atom. The fraction of sp³-hybridized carbons (Fsp3) is 0.462. The highest BCUT2D eigenvalue weighted by Gasteiger charge is 2.39. The van der Waals surface area contributed by atoms with Crippen molar-refractivity contribution < 1.29 is 13.2 Å². The molecular weight excluding hydrogens is 250 g/mol. The molecule has 0 aliphatic carbocycles. The lowest BCUT2D eigenvalue weighted by Crippen LogP contribution is -2.46. The van der Waals surface area contributed by atoms with E-state index in [0.717, 1.165) is 5.56 Å². The van der Waals surface area contributed by atoms with Gasteiger partial charge in [-0.1, -0.05) is 17.7 Å². The Morgan fingerprint density at radius 2 is 1.89 bits per heavy atom. The number of carbonyl (C=O) groups is 1. The van der Waals surface area contributed by atoms with Gasteiger partial charge in [-0.3, -0.25) is 4.79 Å². The summed E-state index contributed by atoms with van der Waals surface area (Å²) in [6, 6.07) is 7.22. The molecule has 18 heavy (non-hydrogen) atoms. The van der Waals surface area contributed by atoms with Crippen LogP contribution in [0.25, 0.3) is 0 Å². The minimum absolute atomic E-state index is 0.0254. The molecule has 1 saturated heterocycles. The molecule has 1 atom stereocenters. The second-order valence-electron chi connectivity index (χ2n) is 5.22. The molecule has 0 aromatic heterocycles. The van der Waals surface area contributed by atoms with Crippen molar-refractivity contribution in [1.82, 2.24) is 5.32 Å². The van der Waals surface area contributed by atoms with Gasteiger partial charge in [0.25, 0.3) is 5.91 Å². The zero-order chi connectivity index (χ0) is 13.4. The molecule has 1 fully saturated rings. The number of rotatable bonds is 2. The normalized spacial score (nSPS) is 25.9. The van der Waals surface area contributed by atoms with E-state index >= 15 is 0 Å². The first-order valence-corrected chi connectivity index (χ1v) is 7.71. The summed E-state index contributed by atoms with van der Waals surface area (Å²) in [7, 11) is -3.00. The summed E-state index contributed by atoms with van der Waals surface area (Å²) in [5.41, 5.74) is 1.01. The largest absolute Gasteiger partial charge is 0.346 e. The van der Waals surface area contributed by atoms with Crippen molar-refractivity contribution in [1.29, 1.82) is 0 Å².